The number of rotatable bonds is 4. The lowest BCUT2D eigenvalue weighted by Crippen LogP contribution is -2.31. The summed E-state index contributed by atoms with van der Waals surface area (Å²) in [6.45, 7) is 2.05. The molecule has 6 nitrogen and oxygen atoms in total. The molecule has 31 heavy (non-hydrogen) atoms. The van der Waals surface area contributed by atoms with Crippen molar-refractivity contribution in [2.24, 2.45) is 0 Å². The van der Waals surface area contributed by atoms with Crippen LogP contribution >= 0.6 is 11.6 Å². The molecule has 3 heterocycles. The van der Waals surface area contributed by atoms with Gasteiger partial charge in [-0.05, 0) is 69.0 Å². The topological polar surface area (TPSA) is 54.5 Å². The van der Waals surface area contributed by atoms with Crippen molar-refractivity contribution in [2.45, 2.75) is 12.5 Å². The number of hydrogen-bond acceptors (Lipinski definition) is 5. The number of hydrogen-bond donors (Lipinski definition) is 0. The highest BCUT2D eigenvalue weighted by molar-refractivity contribution is 6.30. The molecule has 1 fully saturated rings. The number of benzene rings is 2. The molecule has 0 bridgehead atoms. The molecule has 4 aromatic rings. The number of fused-ring (bicyclic) bond motifs is 1. The first-order valence-corrected chi connectivity index (χ1v) is 10.7. The second kappa shape index (κ2) is 7.87. The van der Waals surface area contributed by atoms with Gasteiger partial charge in [-0.25, -0.2) is 4.98 Å². The van der Waals surface area contributed by atoms with E-state index >= 15 is 0 Å². The van der Waals surface area contributed by atoms with Gasteiger partial charge < -0.3 is 14.2 Å². The Morgan fingerprint density at radius 1 is 1.06 bits per heavy atom. The van der Waals surface area contributed by atoms with Crippen LogP contribution in [0.3, 0.4) is 0 Å². The average Bonchev–Trinajstić information content (AvgIpc) is 3.43. The summed E-state index contributed by atoms with van der Waals surface area (Å²) in [5.74, 6) is 0.592. The molecule has 0 unspecified atom stereocenters. The quantitative estimate of drug-likeness (QED) is 0.475. The lowest BCUT2D eigenvalue weighted by molar-refractivity contribution is 0.315. The van der Waals surface area contributed by atoms with E-state index in [4.69, 9.17) is 16.0 Å². The first-order chi connectivity index (χ1) is 15.0. The van der Waals surface area contributed by atoms with E-state index in [-0.39, 0.29) is 11.1 Å². The molecular formula is C24H23ClN4O2. The molecule has 1 saturated heterocycles. The minimum absolute atomic E-state index is 0.230. The Balaban J connectivity index is 1.44. The number of nitrogens with zero attached hydrogens (tertiary/aromatic N) is 4. The molecule has 0 N–H and O–H groups in total. The molecule has 5 rings (SSSR count). The predicted molar refractivity (Wildman–Crippen MR) is 124 cm³/mol. The number of likely N-dealkylation sites (N-methyl/N-ethyl adjacent to an activating group) is 1. The van der Waals surface area contributed by atoms with Gasteiger partial charge in [0.25, 0.3) is 0 Å². The highest BCUT2D eigenvalue weighted by Gasteiger charge is 2.24. The second-order valence-corrected chi connectivity index (χ2v) is 8.56. The molecule has 158 valence electrons. The normalized spacial score (nSPS) is 16.5. The maximum atomic E-state index is 13.1. The van der Waals surface area contributed by atoms with Crippen molar-refractivity contribution in [3.05, 3.63) is 76.3 Å². The minimum atomic E-state index is -0.230. The summed E-state index contributed by atoms with van der Waals surface area (Å²) in [5.41, 5.74) is 3.32. The zero-order valence-electron chi connectivity index (χ0n) is 17.5. The fourth-order valence-corrected chi connectivity index (χ4v) is 4.20. The second-order valence-electron chi connectivity index (χ2n) is 8.12. The summed E-state index contributed by atoms with van der Waals surface area (Å²) in [6, 6.07) is 17.7. The molecule has 1 atom stereocenters. The van der Waals surface area contributed by atoms with E-state index < -0.39 is 0 Å². The van der Waals surface area contributed by atoms with Crippen LogP contribution in [0.2, 0.25) is 5.02 Å². The fraction of sp³-hybridized carbons (Fsp3) is 0.250. The van der Waals surface area contributed by atoms with Gasteiger partial charge in [-0.2, -0.15) is 0 Å². The van der Waals surface area contributed by atoms with Crippen molar-refractivity contribution in [1.29, 1.82) is 0 Å². The van der Waals surface area contributed by atoms with Crippen LogP contribution in [-0.4, -0.2) is 47.7 Å². The zero-order chi connectivity index (χ0) is 21.5. The molecule has 0 saturated carbocycles. The van der Waals surface area contributed by atoms with Crippen molar-refractivity contribution >= 4 is 28.4 Å². The van der Waals surface area contributed by atoms with E-state index in [0.717, 1.165) is 30.8 Å². The monoisotopic (exact) mass is 434 g/mol. The maximum Gasteiger partial charge on any atom is 0.301 e. The smallest absolute Gasteiger partial charge is 0.301 e. The lowest BCUT2D eigenvalue weighted by atomic mass is 10.2. The van der Waals surface area contributed by atoms with E-state index in [9.17, 15) is 4.79 Å². The molecule has 0 spiro atoms. The lowest BCUT2D eigenvalue weighted by Gasteiger charge is -2.22. The van der Waals surface area contributed by atoms with Gasteiger partial charge in [0.1, 0.15) is 17.6 Å². The van der Waals surface area contributed by atoms with Gasteiger partial charge in [-0.1, -0.05) is 11.6 Å². The Kier molecular flexibility index (Phi) is 5.04. The minimum Gasteiger partial charge on any atom is -0.449 e. The Hall–Kier alpha value is -3.09. The Bertz CT molecular complexity index is 1280. The molecular weight excluding hydrogens is 412 g/mol. The Morgan fingerprint density at radius 3 is 2.45 bits per heavy atom. The Morgan fingerprint density at radius 2 is 1.77 bits per heavy atom. The van der Waals surface area contributed by atoms with Gasteiger partial charge in [-0.3, -0.25) is 9.36 Å². The molecule has 1 aliphatic rings. The molecule has 1 aliphatic heterocycles. The standard InChI is InChI=1S/C24H23ClN4O2/c1-27(2)20-11-12-28(14-20)18-7-9-19(10-8-18)29-15-26-21-13-22(31-23(21)24(29)30)16-3-5-17(25)6-4-16/h3-10,13,15,20H,11-12,14H2,1-2H3/t20-/m1/s1. The van der Waals surface area contributed by atoms with Crippen LogP contribution in [0.4, 0.5) is 5.69 Å². The van der Waals surface area contributed by atoms with Gasteiger partial charge >= 0.3 is 5.56 Å². The third-order valence-corrected chi connectivity index (χ3v) is 6.21. The molecule has 2 aromatic heterocycles. The number of furan rings is 1. The summed E-state index contributed by atoms with van der Waals surface area (Å²) < 4.78 is 7.40. The van der Waals surface area contributed by atoms with E-state index in [2.05, 4.69) is 41.0 Å². The van der Waals surface area contributed by atoms with Gasteiger partial charge in [0.05, 0.1) is 5.69 Å². The first kappa shape index (κ1) is 19.8. The number of aromatic nitrogens is 2. The average molecular weight is 435 g/mol. The maximum absolute atomic E-state index is 13.1. The van der Waals surface area contributed by atoms with E-state index in [1.807, 2.05) is 24.3 Å². The van der Waals surface area contributed by atoms with Crippen LogP contribution in [-0.2, 0) is 0 Å². The van der Waals surface area contributed by atoms with Crippen molar-refractivity contribution in [3.8, 4) is 17.0 Å². The fourth-order valence-electron chi connectivity index (χ4n) is 4.07. The molecule has 7 heteroatoms. The van der Waals surface area contributed by atoms with Gasteiger partial charge in [0, 0.05) is 41.5 Å². The zero-order valence-corrected chi connectivity index (χ0v) is 18.2. The predicted octanol–water partition coefficient (Wildman–Crippen LogP) is 4.44. The number of halogens is 1. The van der Waals surface area contributed by atoms with Crippen LogP contribution in [0.5, 0.6) is 0 Å². The summed E-state index contributed by atoms with van der Waals surface area (Å²) in [4.78, 5) is 22.2. The Labute approximate surface area is 185 Å². The van der Waals surface area contributed by atoms with Gasteiger partial charge in [0.2, 0.25) is 5.58 Å². The van der Waals surface area contributed by atoms with Crippen LogP contribution in [0.25, 0.3) is 28.1 Å². The third-order valence-electron chi connectivity index (χ3n) is 5.95. The van der Waals surface area contributed by atoms with Crippen LogP contribution in [0.15, 0.2) is 70.1 Å². The summed E-state index contributed by atoms with van der Waals surface area (Å²) in [5, 5.41) is 0.648. The molecule has 2 aromatic carbocycles. The van der Waals surface area contributed by atoms with Crippen LogP contribution < -0.4 is 10.5 Å². The van der Waals surface area contributed by atoms with E-state index in [0.29, 0.717) is 22.3 Å². The summed E-state index contributed by atoms with van der Waals surface area (Å²) in [7, 11) is 4.25. The van der Waals surface area contributed by atoms with Crippen molar-refractivity contribution in [2.75, 3.05) is 32.1 Å². The highest BCUT2D eigenvalue weighted by Crippen LogP contribution is 2.27. The van der Waals surface area contributed by atoms with Crippen molar-refractivity contribution < 1.29 is 4.42 Å². The van der Waals surface area contributed by atoms with E-state index in [1.54, 1.807) is 24.5 Å². The largest absolute Gasteiger partial charge is 0.449 e. The van der Waals surface area contributed by atoms with Crippen molar-refractivity contribution in [3.63, 3.8) is 0 Å². The van der Waals surface area contributed by atoms with Gasteiger partial charge in [-0.15, -0.1) is 0 Å². The first-order valence-electron chi connectivity index (χ1n) is 10.3. The van der Waals surface area contributed by atoms with Crippen LogP contribution in [0, 0.1) is 0 Å². The molecule has 0 radical (unpaired) electrons. The van der Waals surface area contributed by atoms with Gasteiger partial charge in [0.15, 0.2) is 0 Å². The number of anilines is 1. The van der Waals surface area contributed by atoms with Crippen molar-refractivity contribution in [1.82, 2.24) is 14.5 Å². The molecule has 0 aliphatic carbocycles. The summed E-state index contributed by atoms with van der Waals surface area (Å²) >= 11 is 5.96. The third kappa shape index (κ3) is 3.73. The molecule has 0 amide bonds. The highest BCUT2D eigenvalue weighted by atomic mass is 35.5. The van der Waals surface area contributed by atoms with Crippen LogP contribution in [0.1, 0.15) is 6.42 Å². The summed E-state index contributed by atoms with van der Waals surface area (Å²) in [6.07, 6.45) is 2.71. The van der Waals surface area contributed by atoms with E-state index in [1.165, 1.54) is 10.3 Å². The SMILES string of the molecule is CN(C)[C@@H]1CCN(c2ccc(-n3cnc4cc(-c5ccc(Cl)cc5)oc4c3=O)cc2)C1.